The van der Waals surface area contributed by atoms with Gasteiger partial charge in [0.1, 0.15) is 0 Å². The topological polar surface area (TPSA) is 29.1 Å². The third-order valence-corrected chi connectivity index (χ3v) is 4.42. The summed E-state index contributed by atoms with van der Waals surface area (Å²) in [4.78, 5) is 12.4. The van der Waals surface area contributed by atoms with E-state index in [-0.39, 0.29) is 5.92 Å². The molecule has 1 aromatic carbocycles. The Kier molecular flexibility index (Phi) is 3.46. The second kappa shape index (κ2) is 5.23. The average Bonchev–Trinajstić information content (AvgIpc) is 2.37. The Hall–Kier alpha value is -1.15. The zero-order valence-corrected chi connectivity index (χ0v) is 10.8. The van der Waals surface area contributed by atoms with Gasteiger partial charge in [0.05, 0.1) is 0 Å². The smallest absolute Gasteiger partial charge is 0.167 e. The number of hydrogen-bond acceptors (Lipinski definition) is 2. The lowest BCUT2D eigenvalue weighted by Crippen LogP contribution is -2.34. The Bertz CT molecular complexity index is 430. The molecule has 1 atom stereocenters. The summed E-state index contributed by atoms with van der Waals surface area (Å²) in [5.74, 6) is 1.24. The molecule has 96 valence electrons. The van der Waals surface area contributed by atoms with Gasteiger partial charge in [-0.1, -0.05) is 24.6 Å². The summed E-state index contributed by atoms with van der Waals surface area (Å²) in [6, 6.07) is 8.36. The zero-order chi connectivity index (χ0) is 12.4. The summed E-state index contributed by atoms with van der Waals surface area (Å²) < 4.78 is 0. The van der Waals surface area contributed by atoms with E-state index in [9.17, 15) is 4.79 Å². The molecule has 2 fully saturated rings. The molecule has 1 saturated heterocycles. The van der Waals surface area contributed by atoms with E-state index in [1.54, 1.807) is 0 Å². The minimum absolute atomic E-state index is 0.190. The number of nitrogens with one attached hydrogen (secondary N) is 1. The van der Waals surface area contributed by atoms with Gasteiger partial charge in [-0.15, -0.1) is 0 Å². The minimum atomic E-state index is 0.190. The Morgan fingerprint density at radius 1 is 1.17 bits per heavy atom. The summed E-state index contributed by atoms with van der Waals surface area (Å²) in [6.07, 6.45) is 6.10. The van der Waals surface area contributed by atoms with Gasteiger partial charge >= 0.3 is 0 Å². The first kappa shape index (κ1) is 11.9. The lowest BCUT2D eigenvalue weighted by Gasteiger charge is -2.26. The van der Waals surface area contributed by atoms with Crippen LogP contribution in [-0.4, -0.2) is 18.9 Å². The number of piperidine rings is 1. The molecular formula is C16H21NO. The van der Waals surface area contributed by atoms with Crippen LogP contribution in [0.2, 0.25) is 0 Å². The van der Waals surface area contributed by atoms with Crippen molar-refractivity contribution in [3.05, 3.63) is 35.4 Å². The number of hydrogen-bond donors (Lipinski definition) is 1. The summed E-state index contributed by atoms with van der Waals surface area (Å²) in [5.41, 5.74) is 2.30. The van der Waals surface area contributed by atoms with Gasteiger partial charge in [-0.2, -0.15) is 0 Å². The fourth-order valence-corrected chi connectivity index (χ4v) is 3.00. The molecule has 1 N–H and O–H groups in total. The standard InChI is InChI=1S/C16H21NO/c18-16(15-8-3-9-17-11-15)14-7-2-6-13(10-14)12-4-1-5-12/h2,6-7,10,12,15,17H,1,3-5,8-9,11H2. The van der Waals surface area contributed by atoms with Gasteiger partial charge in [-0.3, -0.25) is 4.79 Å². The maximum Gasteiger partial charge on any atom is 0.167 e. The monoisotopic (exact) mass is 243 g/mol. The van der Waals surface area contributed by atoms with Gasteiger partial charge < -0.3 is 5.32 Å². The maximum absolute atomic E-state index is 12.4. The molecule has 0 amide bonds. The molecule has 0 spiro atoms. The SMILES string of the molecule is O=C(c1cccc(C2CCC2)c1)C1CCCNC1. The molecule has 2 heteroatoms. The molecule has 1 unspecified atom stereocenters. The quantitative estimate of drug-likeness (QED) is 0.826. The highest BCUT2D eigenvalue weighted by atomic mass is 16.1. The number of rotatable bonds is 3. The molecular weight excluding hydrogens is 222 g/mol. The van der Waals surface area contributed by atoms with Crippen LogP contribution in [0.4, 0.5) is 0 Å². The van der Waals surface area contributed by atoms with Crippen molar-refractivity contribution in [1.82, 2.24) is 5.32 Å². The third-order valence-electron chi connectivity index (χ3n) is 4.42. The largest absolute Gasteiger partial charge is 0.316 e. The van der Waals surface area contributed by atoms with Crippen LogP contribution in [0.5, 0.6) is 0 Å². The second-order valence-electron chi connectivity index (χ2n) is 5.66. The Balaban J connectivity index is 1.75. The number of carbonyl (C=O) groups excluding carboxylic acids is 1. The molecule has 1 aliphatic heterocycles. The van der Waals surface area contributed by atoms with Gasteiger partial charge in [0.25, 0.3) is 0 Å². The summed E-state index contributed by atoms with van der Waals surface area (Å²) in [5, 5.41) is 3.32. The first-order valence-electron chi connectivity index (χ1n) is 7.19. The Labute approximate surface area is 109 Å². The van der Waals surface area contributed by atoms with Crippen molar-refractivity contribution in [2.75, 3.05) is 13.1 Å². The fourth-order valence-electron chi connectivity index (χ4n) is 3.00. The normalized spacial score (nSPS) is 24.6. The van der Waals surface area contributed by atoms with E-state index in [1.807, 2.05) is 6.07 Å². The highest BCUT2D eigenvalue weighted by molar-refractivity contribution is 5.98. The van der Waals surface area contributed by atoms with Crippen LogP contribution in [0, 0.1) is 5.92 Å². The van der Waals surface area contributed by atoms with E-state index < -0.39 is 0 Å². The lowest BCUT2D eigenvalue weighted by molar-refractivity contribution is 0.0899. The molecule has 1 saturated carbocycles. The van der Waals surface area contributed by atoms with E-state index in [0.29, 0.717) is 11.7 Å². The number of ketones is 1. The van der Waals surface area contributed by atoms with Crippen LogP contribution >= 0.6 is 0 Å². The number of carbonyl (C=O) groups is 1. The van der Waals surface area contributed by atoms with Gasteiger partial charge in [-0.25, -0.2) is 0 Å². The van der Waals surface area contributed by atoms with E-state index in [2.05, 4.69) is 23.5 Å². The van der Waals surface area contributed by atoms with Crippen molar-refractivity contribution in [3.8, 4) is 0 Å². The molecule has 0 radical (unpaired) electrons. The first-order valence-corrected chi connectivity index (χ1v) is 7.19. The highest BCUT2D eigenvalue weighted by Gasteiger charge is 2.24. The molecule has 18 heavy (non-hydrogen) atoms. The van der Waals surface area contributed by atoms with Crippen molar-refractivity contribution in [2.45, 2.75) is 38.0 Å². The van der Waals surface area contributed by atoms with Crippen LogP contribution in [-0.2, 0) is 0 Å². The van der Waals surface area contributed by atoms with Crippen molar-refractivity contribution < 1.29 is 4.79 Å². The Morgan fingerprint density at radius 2 is 2.06 bits per heavy atom. The predicted octanol–water partition coefficient (Wildman–Crippen LogP) is 3.14. The van der Waals surface area contributed by atoms with Crippen LogP contribution in [0.15, 0.2) is 24.3 Å². The maximum atomic E-state index is 12.4. The predicted molar refractivity (Wildman–Crippen MR) is 73.0 cm³/mol. The van der Waals surface area contributed by atoms with Gasteiger partial charge in [0, 0.05) is 18.0 Å². The summed E-state index contributed by atoms with van der Waals surface area (Å²) in [6.45, 7) is 1.92. The van der Waals surface area contributed by atoms with E-state index >= 15 is 0 Å². The zero-order valence-electron chi connectivity index (χ0n) is 10.8. The van der Waals surface area contributed by atoms with E-state index in [0.717, 1.165) is 31.5 Å². The van der Waals surface area contributed by atoms with Gasteiger partial charge in [0.15, 0.2) is 5.78 Å². The number of Topliss-reactive ketones (excluding diaryl/α,β-unsaturated/α-hetero) is 1. The van der Waals surface area contributed by atoms with Crippen molar-refractivity contribution >= 4 is 5.78 Å². The second-order valence-corrected chi connectivity index (χ2v) is 5.66. The molecule has 1 aliphatic carbocycles. The molecule has 3 rings (SSSR count). The van der Waals surface area contributed by atoms with Crippen molar-refractivity contribution in [1.29, 1.82) is 0 Å². The lowest BCUT2D eigenvalue weighted by atomic mass is 9.79. The van der Waals surface area contributed by atoms with E-state index in [1.165, 1.54) is 24.8 Å². The first-order chi connectivity index (χ1) is 8.84. The molecule has 0 bridgehead atoms. The average molecular weight is 243 g/mol. The summed E-state index contributed by atoms with van der Waals surface area (Å²) >= 11 is 0. The Morgan fingerprint density at radius 3 is 2.72 bits per heavy atom. The van der Waals surface area contributed by atoms with Crippen LogP contribution in [0.1, 0.15) is 53.9 Å². The fraction of sp³-hybridized carbons (Fsp3) is 0.562. The number of benzene rings is 1. The van der Waals surface area contributed by atoms with E-state index in [4.69, 9.17) is 0 Å². The molecule has 1 aromatic rings. The van der Waals surface area contributed by atoms with Crippen LogP contribution < -0.4 is 5.32 Å². The van der Waals surface area contributed by atoms with Gasteiger partial charge in [0.2, 0.25) is 0 Å². The molecule has 0 aromatic heterocycles. The molecule has 2 nitrogen and oxygen atoms in total. The highest BCUT2D eigenvalue weighted by Crippen LogP contribution is 2.36. The van der Waals surface area contributed by atoms with Crippen LogP contribution in [0.3, 0.4) is 0 Å². The molecule has 2 aliphatic rings. The minimum Gasteiger partial charge on any atom is -0.316 e. The third kappa shape index (κ3) is 2.35. The van der Waals surface area contributed by atoms with Crippen LogP contribution in [0.25, 0.3) is 0 Å². The summed E-state index contributed by atoms with van der Waals surface area (Å²) in [7, 11) is 0. The molecule has 1 heterocycles. The van der Waals surface area contributed by atoms with Gasteiger partial charge in [-0.05, 0) is 49.8 Å². The van der Waals surface area contributed by atoms with Crippen molar-refractivity contribution in [3.63, 3.8) is 0 Å². The van der Waals surface area contributed by atoms with Crippen molar-refractivity contribution in [2.24, 2.45) is 5.92 Å².